The summed E-state index contributed by atoms with van der Waals surface area (Å²) in [4.78, 5) is 0. The van der Waals surface area contributed by atoms with Crippen molar-refractivity contribution in [1.82, 2.24) is 5.32 Å². The maximum Gasteiger partial charge on any atom is 0.141 e. The molecule has 0 aromatic heterocycles. The molecule has 4 heteroatoms. The minimum atomic E-state index is 0.341. The summed E-state index contributed by atoms with van der Waals surface area (Å²) in [5.41, 5.74) is 1.25. The Kier molecular flexibility index (Phi) is 6.51. The molecule has 1 atom stereocenters. The molecule has 21 heavy (non-hydrogen) atoms. The molecule has 1 N–H and O–H groups in total. The molecule has 0 aliphatic heterocycles. The molecule has 0 saturated carbocycles. The van der Waals surface area contributed by atoms with Gasteiger partial charge in [-0.25, -0.2) is 0 Å². The van der Waals surface area contributed by atoms with Crippen LogP contribution >= 0.6 is 38.5 Å². The maximum atomic E-state index is 5.91. The average molecular weight is 460 g/mol. The molecule has 0 aliphatic rings. The van der Waals surface area contributed by atoms with E-state index in [-0.39, 0.29) is 0 Å². The van der Waals surface area contributed by atoms with E-state index in [2.05, 4.69) is 69.8 Å². The number of nitrogens with one attached hydrogen (secondary N) is 1. The molecule has 2 aromatic carbocycles. The number of ether oxygens (including phenoxy) is 1. The molecule has 112 valence electrons. The Labute approximate surface area is 148 Å². The summed E-state index contributed by atoms with van der Waals surface area (Å²) in [7, 11) is 0. The van der Waals surface area contributed by atoms with Crippen molar-refractivity contribution in [3.63, 3.8) is 0 Å². The van der Waals surface area contributed by atoms with Crippen molar-refractivity contribution in [3.8, 4) is 11.5 Å². The summed E-state index contributed by atoms with van der Waals surface area (Å²) in [5, 5.41) is 3.49. The molecule has 0 radical (unpaired) electrons. The molecule has 0 heterocycles. The normalized spacial score (nSPS) is 12.2. The second-order valence-corrected chi connectivity index (χ2v) is 7.02. The molecular formula is C17H19BrINO. The standard InChI is InChI=1S/C17H19BrINO/c1-3-10-20-12(2)13-4-9-17(16(18)11-13)21-15-7-5-14(19)6-8-15/h4-9,11-12,20H,3,10H2,1-2H3. The van der Waals surface area contributed by atoms with Crippen LogP contribution < -0.4 is 10.1 Å². The quantitative estimate of drug-likeness (QED) is 0.542. The highest BCUT2D eigenvalue weighted by Gasteiger charge is 2.08. The molecule has 2 aromatic rings. The maximum absolute atomic E-state index is 5.91. The minimum Gasteiger partial charge on any atom is -0.456 e. The molecule has 0 amide bonds. The van der Waals surface area contributed by atoms with Crippen molar-refractivity contribution >= 4 is 38.5 Å². The van der Waals surface area contributed by atoms with Crippen molar-refractivity contribution in [1.29, 1.82) is 0 Å². The smallest absolute Gasteiger partial charge is 0.141 e. The second kappa shape index (κ2) is 8.15. The van der Waals surface area contributed by atoms with Gasteiger partial charge < -0.3 is 10.1 Å². The van der Waals surface area contributed by atoms with E-state index in [4.69, 9.17) is 4.74 Å². The SMILES string of the molecule is CCCNC(C)c1ccc(Oc2ccc(I)cc2)c(Br)c1. The fourth-order valence-corrected chi connectivity index (χ4v) is 2.81. The van der Waals surface area contributed by atoms with Crippen LogP contribution in [-0.2, 0) is 0 Å². The Balaban J connectivity index is 2.10. The lowest BCUT2D eigenvalue weighted by atomic mass is 10.1. The molecule has 2 rings (SSSR count). The largest absolute Gasteiger partial charge is 0.456 e. The van der Waals surface area contributed by atoms with Crippen LogP contribution in [0, 0.1) is 3.57 Å². The molecule has 0 fully saturated rings. The van der Waals surface area contributed by atoms with Gasteiger partial charge in [-0.05, 0) is 100 Å². The second-order valence-electron chi connectivity index (χ2n) is 4.92. The van der Waals surface area contributed by atoms with Crippen LogP contribution in [0.1, 0.15) is 31.9 Å². The van der Waals surface area contributed by atoms with E-state index in [1.807, 2.05) is 30.3 Å². The first kappa shape index (κ1) is 16.8. The van der Waals surface area contributed by atoms with Crippen molar-refractivity contribution in [2.24, 2.45) is 0 Å². The van der Waals surface area contributed by atoms with Crippen molar-refractivity contribution in [2.75, 3.05) is 6.54 Å². The Morgan fingerprint density at radius 3 is 2.52 bits per heavy atom. The van der Waals surface area contributed by atoms with Crippen LogP contribution in [0.3, 0.4) is 0 Å². The van der Waals surface area contributed by atoms with Crippen LogP contribution in [0.2, 0.25) is 0 Å². The van der Waals surface area contributed by atoms with Gasteiger partial charge in [0.05, 0.1) is 4.47 Å². The number of halogens is 2. The summed E-state index contributed by atoms with van der Waals surface area (Å²) in [5.74, 6) is 1.68. The van der Waals surface area contributed by atoms with Crippen LogP contribution in [0.4, 0.5) is 0 Å². The number of hydrogen-bond acceptors (Lipinski definition) is 2. The summed E-state index contributed by atoms with van der Waals surface area (Å²) in [6.07, 6.45) is 1.14. The van der Waals surface area contributed by atoms with Crippen LogP contribution in [0.5, 0.6) is 11.5 Å². The van der Waals surface area contributed by atoms with Gasteiger partial charge in [0.15, 0.2) is 0 Å². The summed E-state index contributed by atoms with van der Waals surface area (Å²) >= 11 is 5.89. The third-order valence-electron chi connectivity index (χ3n) is 3.20. The number of hydrogen-bond donors (Lipinski definition) is 1. The first-order valence-corrected chi connectivity index (χ1v) is 8.93. The first-order valence-electron chi connectivity index (χ1n) is 7.06. The molecule has 1 unspecified atom stereocenters. The topological polar surface area (TPSA) is 21.3 Å². The van der Waals surface area contributed by atoms with Gasteiger partial charge in [-0.2, -0.15) is 0 Å². The highest BCUT2D eigenvalue weighted by Crippen LogP contribution is 2.32. The van der Waals surface area contributed by atoms with Crippen molar-refractivity contribution in [3.05, 3.63) is 56.1 Å². The Morgan fingerprint density at radius 1 is 1.19 bits per heavy atom. The van der Waals surface area contributed by atoms with E-state index in [9.17, 15) is 0 Å². The summed E-state index contributed by atoms with van der Waals surface area (Å²) in [6, 6.07) is 14.6. The van der Waals surface area contributed by atoms with Crippen molar-refractivity contribution in [2.45, 2.75) is 26.3 Å². The van der Waals surface area contributed by atoms with E-state index in [1.54, 1.807) is 0 Å². The van der Waals surface area contributed by atoms with E-state index in [0.29, 0.717) is 6.04 Å². The molecule has 0 aliphatic carbocycles. The molecule has 2 nitrogen and oxygen atoms in total. The van der Waals surface area contributed by atoms with Gasteiger partial charge >= 0.3 is 0 Å². The highest BCUT2D eigenvalue weighted by molar-refractivity contribution is 14.1. The van der Waals surface area contributed by atoms with Crippen molar-refractivity contribution < 1.29 is 4.74 Å². The number of benzene rings is 2. The third kappa shape index (κ3) is 4.97. The molecular weight excluding hydrogens is 441 g/mol. The van der Waals surface area contributed by atoms with E-state index >= 15 is 0 Å². The van der Waals surface area contributed by atoms with E-state index in [1.165, 1.54) is 9.13 Å². The first-order chi connectivity index (χ1) is 10.1. The van der Waals surface area contributed by atoms with E-state index in [0.717, 1.165) is 28.9 Å². The van der Waals surface area contributed by atoms with Gasteiger partial charge in [0.2, 0.25) is 0 Å². The lowest BCUT2D eigenvalue weighted by Gasteiger charge is -2.15. The predicted octanol–water partition coefficient (Wildman–Crippen LogP) is 5.91. The van der Waals surface area contributed by atoms with E-state index < -0.39 is 0 Å². The van der Waals surface area contributed by atoms with Gasteiger partial charge in [0.25, 0.3) is 0 Å². The predicted molar refractivity (Wildman–Crippen MR) is 100 cm³/mol. The average Bonchev–Trinajstić information content (AvgIpc) is 2.49. The van der Waals surface area contributed by atoms with Gasteiger partial charge in [-0.1, -0.05) is 13.0 Å². The van der Waals surface area contributed by atoms with Gasteiger partial charge in [-0.15, -0.1) is 0 Å². The number of rotatable bonds is 6. The third-order valence-corrected chi connectivity index (χ3v) is 4.54. The molecule has 0 saturated heterocycles. The Hall–Kier alpha value is -0.590. The zero-order valence-corrected chi connectivity index (χ0v) is 15.9. The fourth-order valence-electron chi connectivity index (χ4n) is 1.98. The lowest BCUT2D eigenvalue weighted by molar-refractivity contribution is 0.478. The van der Waals surface area contributed by atoms with Gasteiger partial charge in [0.1, 0.15) is 11.5 Å². The highest BCUT2D eigenvalue weighted by atomic mass is 127. The van der Waals surface area contributed by atoms with Gasteiger partial charge in [0, 0.05) is 9.61 Å². The zero-order chi connectivity index (χ0) is 15.2. The molecule has 0 spiro atoms. The minimum absolute atomic E-state index is 0.341. The van der Waals surface area contributed by atoms with Crippen LogP contribution in [0.25, 0.3) is 0 Å². The van der Waals surface area contributed by atoms with Crippen LogP contribution in [0.15, 0.2) is 46.9 Å². The zero-order valence-electron chi connectivity index (χ0n) is 12.2. The Morgan fingerprint density at radius 2 is 1.90 bits per heavy atom. The lowest BCUT2D eigenvalue weighted by Crippen LogP contribution is -2.19. The van der Waals surface area contributed by atoms with Gasteiger partial charge in [-0.3, -0.25) is 0 Å². The monoisotopic (exact) mass is 459 g/mol. The Bertz CT molecular complexity index is 586. The fraction of sp³-hybridized carbons (Fsp3) is 0.294. The summed E-state index contributed by atoms with van der Waals surface area (Å²) < 4.78 is 8.08. The molecule has 0 bridgehead atoms. The summed E-state index contributed by atoms with van der Waals surface area (Å²) in [6.45, 7) is 5.38. The van der Waals surface area contributed by atoms with Crippen LogP contribution in [-0.4, -0.2) is 6.54 Å².